The van der Waals surface area contributed by atoms with E-state index in [2.05, 4.69) is 50.8 Å². The molecule has 92 valence electrons. The van der Waals surface area contributed by atoms with E-state index in [1.165, 1.54) is 16.7 Å². The highest BCUT2D eigenvalue weighted by Crippen LogP contribution is 2.30. The Hall–Kier alpha value is -0.990. The highest BCUT2D eigenvalue weighted by Gasteiger charge is 2.15. The monoisotopic (exact) mass is 247 g/mol. The van der Waals surface area contributed by atoms with Crippen LogP contribution in [0, 0.1) is 5.92 Å². The molecular formula is C15H21NS. The predicted molar refractivity (Wildman–Crippen MR) is 80.0 cm³/mol. The molecule has 0 aromatic carbocycles. The number of hydrogen-bond acceptors (Lipinski definition) is 2. The van der Waals surface area contributed by atoms with Crippen LogP contribution >= 0.6 is 12.6 Å². The minimum atomic E-state index is 0.260. The van der Waals surface area contributed by atoms with Crippen molar-refractivity contribution in [1.82, 2.24) is 0 Å². The van der Waals surface area contributed by atoms with E-state index < -0.39 is 0 Å². The SMILES string of the molecule is CC(C)=C(CN)/C(=C(/C)S)C1C=CC=CC=C1. The molecule has 0 bridgehead atoms. The van der Waals surface area contributed by atoms with Crippen molar-refractivity contribution in [2.24, 2.45) is 11.7 Å². The quantitative estimate of drug-likeness (QED) is 0.576. The van der Waals surface area contributed by atoms with Crippen molar-refractivity contribution in [2.45, 2.75) is 20.8 Å². The van der Waals surface area contributed by atoms with Gasteiger partial charge in [0.25, 0.3) is 0 Å². The zero-order valence-electron chi connectivity index (χ0n) is 10.8. The van der Waals surface area contributed by atoms with Gasteiger partial charge in [-0.25, -0.2) is 0 Å². The van der Waals surface area contributed by atoms with Gasteiger partial charge in [0.2, 0.25) is 0 Å². The van der Waals surface area contributed by atoms with Gasteiger partial charge < -0.3 is 5.73 Å². The van der Waals surface area contributed by atoms with Crippen molar-refractivity contribution < 1.29 is 0 Å². The van der Waals surface area contributed by atoms with E-state index in [1.807, 2.05) is 19.1 Å². The maximum Gasteiger partial charge on any atom is 0.0215 e. The van der Waals surface area contributed by atoms with Gasteiger partial charge in [-0.2, -0.15) is 0 Å². The summed E-state index contributed by atoms with van der Waals surface area (Å²) in [5.74, 6) is 0.260. The largest absolute Gasteiger partial charge is 0.326 e. The molecule has 1 nitrogen and oxygen atoms in total. The molecule has 0 atom stereocenters. The van der Waals surface area contributed by atoms with Crippen molar-refractivity contribution >= 4 is 12.6 Å². The number of nitrogens with two attached hydrogens (primary N) is 1. The fourth-order valence-electron chi connectivity index (χ4n) is 2.00. The van der Waals surface area contributed by atoms with E-state index in [0.717, 1.165) is 4.91 Å². The molecule has 0 aromatic rings. The Morgan fingerprint density at radius 1 is 1.06 bits per heavy atom. The maximum absolute atomic E-state index is 5.87. The van der Waals surface area contributed by atoms with Crippen molar-refractivity contribution in [3.8, 4) is 0 Å². The molecule has 1 aliphatic carbocycles. The molecule has 2 heteroatoms. The Labute approximate surface area is 110 Å². The van der Waals surface area contributed by atoms with E-state index in [1.54, 1.807) is 0 Å². The zero-order chi connectivity index (χ0) is 12.8. The molecule has 0 heterocycles. The van der Waals surface area contributed by atoms with Gasteiger partial charge in [-0.3, -0.25) is 0 Å². The molecule has 1 rings (SSSR count). The molecule has 0 amide bonds. The zero-order valence-corrected chi connectivity index (χ0v) is 11.7. The number of rotatable bonds is 3. The number of hydrogen-bond donors (Lipinski definition) is 2. The fourth-order valence-corrected chi connectivity index (χ4v) is 2.28. The van der Waals surface area contributed by atoms with Crippen LogP contribution in [0.1, 0.15) is 20.8 Å². The summed E-state index contributed by atoms with van der Waals surface area (Å²) in [5, 5.41) is 0. The predicted octanol–water partition coefficient (Wildman–Crippen LogP) is 3.78. The lowest BCUT2D eigenvalue weighted by Gasteiger charge is -2.19. The van der Waals surface area contributed by atoms with Crippen LogP contribution in [0.4, 0.5) is 0 Å². The van der Waals surface area contributed by atoms with E-state index >= 15 is 0 Å². The van der Waals surface area contributed by atoms with Crippen molar-refractivity contribution in [1.29, 1.82) is 0 Å². The average Bonchev–Trinajstić information content (AvgIpc) is 2.52. The lowest BCUT2D eigenvalue weighted by atomic mass is 9.89. The Kier molecular flexibility index (Phi) is 5.52. The highest BCUT2D eigenvalue weighted by molar-refractivity contribution is 7.84. The molecule has 0 unspecified atom stereocenters. The van der Waals surface area contributed by atoms with Crippen molar-refractivity contribution in [3.63, 3.8) is 0 Å². The normalized spacial score (nSPS) is 16.8. The Morgan fingerprint density at radius 3 is 1.94 bits per heavy atom. The summed E-state index contributed by atoms with van der Waals surface area (Å²) in [6, 6.07) is 0. The molecule has 0 radical (unpaired) electrons. The topological polar surface area (TPSA) is 26.0 Å². The van der Waals surface area contributed by atoms with Gasteiger partial charge in [-0.05, 0) is 36.8 Å². The van der Waals surface area contributed by atoms with Crippen LogP contribution in [0.3, 0.4) is 0 Å². The third-order valence-corrected chi connectivity index (χ3v) is 3.07. The lowest BCUT2D eigenvalue weighted by Crippen LogP contribution is -2.12. The summed E-state index contributed by atoms with van der Waals surface area (Å²) in [4.78, 5) is 1.04. The first-order valence-corrected chi connectivity index (χ1v) is 6.30. The fraction of sp³-hybridized carbons (Fsp3) is 0.333. The third kappa shape index (κ3) is 3.76. The van der Waals surface area contributed by atoms with Crippen LogP contribution < -0.4 is 5.73 Å². The van der Waals surface area contributed by atoms with Crippen LogP contribution in [0.5, 0.6) is 0 Å². The molecular weight excluding hydrogens is 226 g/mol. The van der Waals surface area contributed by atoms with E-state index in [4.69, 9.17) is 5.73 Å². The second-order valence-electron chi connectivity index (χ2n) is 4.36. The molecule has 17 heavy (non-hydrogen) atoms. The van der Waals surface area contributed by atoms with Crippen LogP contribution in [0.25, 0.3) is 0 Å². The van der Waals surface area contributed by atoms with Crippen LogP contribution in [-0.4, -0.2) is 6.54 Å². The molecule has 0 saturated carbocycles. The van der Waals surface area contributed by atoms with Gasteiger partial charge in [0.15, 0.2) is 0 Å². The maximum atomic E-state index is 5.87. The molecule has 0 fully saturated rings. The summed E-state index contributed by atoms with van der Waals surface area (Å²) < 4.78 is 0. The molecule has 0 saturated heterocycles. The second-order valence-corrected chi connectivity index (χ2v) is 5.03. The van der Waals surface area contributed by atoms with Gasteiger partial charge in [0.1, 0.15) is 0 Å². The number of allylic oxidation sites excluding steroid dienone is 8. The van der Waals surface area contributed by atoms with Crippen LogP contribution in [0.2, 0.25) is 0 Å². The molecule has 0 aromatic heterocycles. The Morgan fingerprint density at radius 2 is 1.59 bits per heavy atom. The molecule has 2 N–H and O–H groups in total. The van der Waals surface area contributed by atoms with Gasteiger partial charge in [-0.15, -0.1) is 12.6 Å². The van der Waals surface area contributed by atoms with Gasteiger partial charge in [0.05, 0.1) is 0 Å². The van der Waals surface area contributed by atoms with Gasteiger partial charge in [-0.1, -0.05) is 42.0 Å². The standard InChI is InChI=1S/C15H21NS/c1-11(2)14(10-16)15(12(3)17)13-8-6-4-5-7-9-13/h4-9,13,17H,10,16H2,1-3H3/b15-12-. The first kappa shape index (κ1) is 14.1. The summed E-state index contributed by atoms with van der Waals surface area (Å²) in [6.07, 6.45) is 12.6. The van der Waals surface area contributed by atoms with E-state index in [0.29, 0.717) is 6.54 Å². The average molecular weight is 247 g/mol. The van der Waals surface area contributed by atoms with Gasteiger partial charge in [0, 0.05) is 12.5 Å². The lowest BCUT2D eigenvalue weighted by molar-refractivity contribution is 0.930. The van der Waals surface area contributed by atoms with Crippen molar-refractivity contribution in [2.75, 3.05) is 6.54 Å². The second kappa shape index (κ2) is 6.67. The Bertz CT molecular complexity index is 398. The van der Waals surface area contributed by atoms with Gasteiger partial charge >= 0.3 is 0 Å². The first-order chi connectivity index (χ1) is 8.07. The van der Waals surface area contributed by atoms with Crippen LogP contribution in [-0.2, 0) is 0 Å². The molecule has 0 spiro atoms. The highest BCUT2D eigenvalue weighted by atomic mass is 32.1. The van der Waals surface area contributed by atoms with Crippen molar-refractivity contribution in [3.05, 3.63) is 58.1 Å². The Balaban J connectivity index is 3.21. The molecule has 1 aliphatic rings. The van der Waals surface area contributed by atoms with E-state index in [-0.39, 0.29) is 5.92 Å². The summed E-state index contributed by atoms with van der Waals surface area (Å²) in [7, 11) is 0. The summed E-state index contributed by atoms with van der Waals surface area (Å²) in [5.41, 5.74) is 9.56. The smallest absolute Gasteiger partial charge is 0.0215 e. The summed E-state index contributed by atoms with van der Waals surface area (Å²) >= 11 is 4.53. The van der Waals surface area contributed by atoms with Crippen LogP contribution in [0.15, 0.2) is 58.1 Å². The minimum Gasteiger partial charge on any atom is -0.326 e. The van der Waals surface area contributed by atoms with E-state index in [9.17, 15) is 0 Å². The first-order valence-electron chi connectivity index (χ1n) is 5.86. The number of thiol groups is 1. The molecule has 0 aliphatic heterocycles. The summed E-state index contributed by atoms with van der Waals surface area (Å²) in [6.45, 7) is 6.78. The third-order valence-electron chi connectivity index (χ3n) is 2.83. The minimum absolute atomic E-state index is 0.260.